The highest BCUT2D eigenvalue weighted by atomic mass is 19.4. The second-order valence-corrected chi connectivity index (χ2v) is 8.10. The van der Waals surface area contributed by atoms with Crippen molar-refractivity contribution in [3.05, 3.63) is 53.4 Å². The van der Waals surface area contributed by atoms with E-state index in [1.54, 1.807) is 6.92 Å². The number of nitrogens with one attached hydrogen (secondary N) is 1. The third-order valence-electron chi connectivity index (χ3n) is 5.63. The van der Waals surface area contributed by atoms with Crippen molar-refractivity contribution in [1.29, 1.82) is 0 Å². The van der Waals surface area contributed by atoms with Crippen molar-refractivity contribution >= 4 is 16.9 Å². The van der Waals surface area contributed by atoms with E-state index in [2.05, 4.69) is 20.3 Å². The Hall–Kier alpha value is -2.97. The molecule has 0 saturated heterocycles. The number of halogens is 3. The number of aryl methyl sites for hydroxylation is 1. The van der Waals surface area contributed by atoms with Crippen molar-refractivity contribution < 1.29 is 18.0 Å². The Morgan fingerprint density at radius 3 is 2.53 bits per heavy atom. The lowest BCUT2D eigenvalue weighted by Crippen LogP contribution is -2.32. The van der Waals surface area contributed by atoms with Gasteiger partial charge in [-0.25, -0.2) is 9.97 Å². The summed E-state index contributed by atoms with van der Waals surface area (Å²) in [5.41, 5.74) is 1.18. The Labute approximate surface area is 170 Å². The molecule has 2 fully saturated rings. The topological polar surface area (TPSA) is 72.7 Å². The SMILES string of the molecule is Cc1cnc(C(=O)N[C@H](c2nc3cc(C(F)(F)F)ccc3n2C2CC2)C2CC2)cn1. The number of carbonyl (C=O) groups excluding carboxylic acids is 1. The van der Waals surface area contributed by atoms with Crippen LogP contribution in [-0.2, 0) is 6.18 Å². The Kier molecular flexibility index (Phi) is 4.30. The van der Waals surface area contributed by atoms with Crippen LogP contribution in [0.2, 0.25) is 0 Å². The van der Waals surface area contributed by atoms with Gasteiger partial charge in [0.1, 0.15) is 11.5 Å². The van der Waals surface area contributed by atoms with Gasteiger partial charge in [-0.2, -0.15) is 13.2 Å². The minimum atomic E-state index is -4.42. The number of imidazole rings is 1. The van der Waals surface area contributed by atoms with E-state index in [0.29, 0.717) is 22.6 Å². The minimum absolute atomic E-state index is 0.207. The molecule has 1 aromatic carbocycles. The predicted octanol–water partition coefficient (Wildman–Crippen LogP) is 4.37. The number of aromatic nitrogens is 4. The van der Waals surface area contributed by atoms with Crippen molar-refractivity contribution in [1.82, 2.24) is 24.8 Å². The Balaban J connectivity index is 1.54. The molecule has 2 aliphatic rings. The number of rotatable bonds is 5. The number of hydrogen-bond donors (Lipinski definition) is 1. The van der Waals surface area contributed by atoms with Crippen molar-refractivity contribution in [2.24, 2.45) is 5.92 Å². The molecule has 0 aliphatic heterocycles. The fourth-order valence-electron chi connectivity index (χ4n) is 3.78. The quantitative estimate of drug-likeness (QED) is 0.672. The van der Waals surface area contributed by atoms with Crippen molar-refractivity contribution in [3.8, 4) is 0 Å². The van der Waals surface area contributed by atoms with Gasteiger partial charge < -0.3 is 9.88 Å². The number of hydrogen-bond acceptors (Lipinski definition) is 4. The molecule has 1 amide bonds. The smallest absolute Gasteiger partial charge is 0.340 e. The van der Waals surface area contributed by atoms with Gasteiger partial charge in [-0.15, -0.1) is 0 Å². The molecule has 156 valence electrons. The van der Waals surface area contributed by atoms with Crippen molar-refractivity contribution in [2.45, 2.75) is 50.9 Å². The number of carbonyl (C=O) groups is 1. The summed E-state index contributed by atoms with van der Waals surface area (Å²) in [6.07, 6.45) is 2.31. The predicted molar refractivity (Wildman–Crippen MR) is 103 cm³/mol. The number of benzene rings is 1. The summed E-state index contributed by atoms with van der Waals surface area (Å²) < 4.78 is 41.5. The lowest BCUT2D eigenvalue weighted by atomic mass is 10.1. The molecular formula is C21H20F3N5O. The highest BCUT2D eigenvalue weighted by molar-refractivity contribution is 5.92. The van der Waals surface area contributed by atoms with Crippen LogP contribution in [0.1, 0.15) is 65.3 Å². The van der Waals surface area contributed by atoms with Gasteiger partial charge in [-0.05, 0) is 56.7 Å². The summed E-state index contributed by atoms with van der Waals surface area (Å²) in [5, 5.41) is 3.01. The molecule has 2 saturated carbocycles. The Morgan fingerprint density at radius 2 is 1.93 bits per heavy atom. The number of alkyl halides is 3. The minimum Gasteiger partial charge on any atom is -0.340 e. The molecule has 3 aromatic rings. The van der Waals surface area contributed by atoms with E-state index >= 15 is 0 Å². The number of nitrogens with zero attached hydrogens (tertiary/aromatic N) is 4. The van der Waals surface area contributed by atoms with Gasteiger partial charge in [0, 0.05) is 12.2 Å². The number of amides is 1. The zero-order chi connectivity index (χ0) is 21.0. The standard InChI is InChI=1S/C21H20F3N5O/c1-11-9-26-16(10-25-11)20(30)28-18(12-2-3-12)19-27-15-8-13(21(22,23)24)4-7-17(15)29(19)14-5-6-14/h4,7-10,12,14,18H,2-3,5-6H2,1H3,(H,28,30)/t18-/m0/s1. The van der Waals surface area contributed by atoms with Crippen LogP contribution >= 0.6 is 0 Å². The molecule has 1 atom stereocenters. The van der Waals surface area contributed by atoms with Crippen LogP contribution in [0.5, 0.6) is 0 Å². The van der Waals surface area contributed by atoms with Gasteiger partial charge in [0.15, 0.2) is 0 Å². The fourth-order valence-corrected chi connectivity index (χ4v) is 3.78. The first-order valence-corrected chi connectivity index (χ1v) is 10.00. The highest BCUT2D eigenvalue weighted by Gasteiger charge is 2.40. The molecule has 0 radical (unpaired) electrons. The molecule has 6 nitrogen and oxygen atoms in total. The molecule has 9 heteroatoms. The summed E-state index contributed by atoms with van der Waals surface area (Å²) >= 11 is 0. The van der Waals surface area contributed by atoms with E-state index in [9.17, 15) is 18.0 Å². The highest BCUT2D eigenvalue weighted by Crippen LogP contribution is 2.46. The summed E-state index contributed by atoms with van der Waals surface area (Å²) in [6, 6.07) is 3.51. The van der Waals surface area contributed by atoms with Crippen LogP contribution in [-0.4, -0.2) is 25.4 Å². The van der Waals surface area contributed by atoms with E-state index in [4.69, 9.17) is 0 Å². The zero-order valence-electron chi connectivity index (χ0n) is 16.3. The van der Waals surface area contributed by atoms with E-state index < -0.39 is 11.7 Å². The lowest BCUT2D eigenvalue weighted by molar-refractivity contribution is -0.137. The van der Waals surface area contributed by atoms with Gasteiger partial charge in [-0.3, -0.25) is 9.78 Å². The van der Waals surface area contributed by atoms with Crippen LogP contribution in [0.3, 0.4) is 0 Å². The molecule has 2 aliphatic carbocycles. The van der Waals surface area contributed by atoms with Gasteiger partial charge >= 0.3 is 6.18 Å². The van der Waals surface area contributed by atoms with Crippen molar-refractivity contribution in [2.75, 3.05) is 0 Å². The molecule has 0 spiro atoms. The molecular weight excluding hydrogens is 395 g/mol. The molecule has 0 unspecified atom stereocenters. The first-order valence-electron chi connectivity index (χ1n) is 10.00. The van der Waals surface area contributed by atoms with Gasteiger partial charge in [0.05, 0.1) is 34.5 Å². The van der Waals surface area contributed by atoms with E-state index in [0.717, 1.165) is 37.8 Å². The Morgan fingerprint density at radius 1 is 1.17 bits per heavy atom. The maximum atomic E-state index is 13.2. The van der Waals surface area contributed by atoms with Crippen LogP contribution in [0.15, 0.2) is 30.6 Å². The molecule has 5 rings (SSSR count). The average Bonchev–Trinajstić information content (AvgIpc) is 3.62. The summed E-state index contributed by atoms with van der Waals surface area (Å²) in [4.78, 5) is 25.6. The fraction of sp³-hybridized carbons (Fsp3) is 0.429. The van der Waals surface area contributed by atoms with Gasteiger partial charge in [-0.1, -0.05) is 0 Å². The maximum Gasteiger partial charge on any atom is 0.416 e. The number of fused-ring (bicyclic) bond motifs is 1. The van der Waals surface area contributed by atoms with E-state index in [-0.39, 0.29) is 29.6 Å². The first kappa shape index (κ1) is 19.0. The van der Waals surface area contributed by atoms with Crippen molar-refractivity contribution in [3.63, 3.8) is 0 Å². The van der Waals surface area contributed by atoms with Crippen LogP contribution < -0.4 is 5.32 Å². The molecule has 2 aromatic heterocycles. The van der Waals surface area contributed by atoms with Gasteiger partial charge in [0.25, 0.3) is 5.91 Å². The summed E-state index contributed by atoms with van der Waals surface area (Å²) in [6.45, 7) is 1.79. The second-order valence-electron chi connectivity index (χ2n) is 8.10. The molecule has 0 bridgehead atoms. The second kappa shape index (κ2) is 6.78. The van der Waals surface area contributed by atoms with E-state index in [1.165, 1.54) is 18.5 Å². The summed E-state index contributed by atoms with van der Waals surface area (Å²) in [7, 11) is 0. The largest absolute Gasteiger partial charge is 0.416 e. The van der Waals surface area contributed by atoms with Gasteiger partial charge in [0.2, 0.25) is 0 Å². The van der Waals surface area contributed by atoms with Crippen LogP contribution in [0, 0.1) is 12.8 Å². The Bertz CT molecular complexity index is 1110. The van der Waals surface area contributed by atoms with E-state index in [1.807, 2.05) is 4.57 Å². The normalized spacial score (nSPS) is 17.9. The average molecular weight is 415 g/mol. The monoisotopic (exact) mass is 415 g/mol. The van der Waals surface area contributed by atoms with Crippen LogP contribution in [0.25, 0.3) is 11.0 Å². The van der Waals surface area contributed by atoms with Crippen LogP contribution in [0.4, 0.5) is 13.2 Å². The maximum absolute atomic E-state index is 13.2. The third-order valence-corrected chi connectivity index (χ3v) is 5.63. The zero-order valence-corrected chi connectivity index (χ0v) is 16.3. The summed E-state index contributed by atoms with van der Waals surface area (Å²) in [5.74, 6) is 0.483. The molecule has 1 N–H and O–H groups in total. The molecule has 30 heavy (non-hydrogen) atoms. The molecule has 2 heterocycles. The third kappa shape index (κ3) is 3.53. The first-order chi connectivity index (χ1) is 14.3. The lowest BCUT2D eigenvalue weighted by Gasteiger charge is -2.19.